The van der Waals surface area contributed by atoms with Crippen LogP contribution in [0.3, 0.4) is 0 Å². The molecule has 2 atom stereocenters. The van der Waals surface area contributed by atoms with Crippen molar-refractivity contribution in [2.75, 3.05) is 0 Å². The highest BCUT2D eigenvalue weighted by atomic mass is 32.2. The van der Waals surface area contributed by atoms with Crippen molar-refractivity contribution in [3.63, 3.8) is 0 Å². The highest BCUT2D eigenvalue weighted by Crippen LogP contribution is 2.37. The number of hydrogen-bond acceptors (Lipinski definition) is 6. The Hall–Kier alpha value is -1.87. The summed E-state index contributed by atoms with van der Waals surface area (Å²) in [7, 11) is 0. The number of imide groups is 1. The maximum Gasteiger partial charge on any atom is 0.318 e. The van der Waals surface area contributed by atoms with Gasteiger partial charge in [0.15, 0.2) is 5.16 Å². The molecule has 29 heavy (non-hydrogen) atoms. The molecule has 2 aromatic rings. The van der Waals surface area contributed by atoms with Crippen molar-refractivity contribution >= 4 is 45.3 Å². The van der Waals surface area contributed by atoms with Crippen LogP contribution in [0, 0.1) is 11.8 Å². The van der Waals surface area contributed by atoms with E-state index in [1.54, 1.807) is 22.8 Å². The van der Waals surface area contributed by atoms with E-state index in [1.807, 2.05) is 0 Å². The molecule has 0 bridgehead atoms. The average Bonchev–Trinajstić information content (AvgIpc) is 2.97. The van der Waals surface area contributed by atoms with E-state index in [4.69, 9.17) is 10.7 Å². The van der Waals surface area contributed by atoms with Crippen molar-refractivity contribution in [2.45, 2.75) is 70.3 Å². The van der Waals surface area contributed by atoms with Crippen LogP contribution in [0.1, 0.15) is 51.0 Å². The van der Waals surface area contributed by atoms with Crippen LogP contribution in [0.4, 0.5) is 4.79 Å². The molecule has 2 heterocycles. The Bertz CT molecular complexity index is 996. The molecule has 3 rings (SSSR count). The Morgan fingerprint density at radius 2 is 2.10 bits per heavy atom. The van der Waals surface area contributed by atoms with E-state index >= 15 is 0 Å². The van der Waals surface area contributed by atoms with Crippen LogP contribution >= 0.6 is 23.1 Å². The molecule has 3 N–H and O–H groups in total. The van der Waals surface area contributed by atoms with Crippen molar-refractivity contribution in [2.24, 2.45) is 17.6 Å². The lowest BCUT2D eigenvalue weighted by molar-refractivity contribution is -0.119. The number of urea groups is 1. The van der Waals surface area contributed by atoms with Crippen molar-refractivity contribution in [1.82, 2.24) is 14.9 Å². The Kier molecular flexibility index (Phi) is 6.68. The molecule has 9 heteroatoms. The van der Waals surface area contributed by atoms with Crippen molar-refractivity contribution in [3.8, 4) is 0 Å². The van der Waals surface area contributed by atoms with Crippen molar-refractivity contribution in [1.29, 1.82) is 0 Å². The van der Waals surface area contributed by atoms with Gasteiger partial charge < -0.3 is 5.73 Å². The summed E-state index contributed by atoms with van der Waals surface area (Å²) in [5, 5.41) is 2.76. The highest BCUT2D eigenvalue weighted by Gasteiger charge is 2.26. The minimum atomic E-state index is -0.886. The second-order valence-corrected chi connectivity index (χ2v) is 10.6. The quantitative estimate of drug-likeness (QED) is 0.534. The number of aryl methyl sites for hydroxylation is 1. The van der Waals surface area contributed by atoms with E-state index in [9.17, 15) is 14.4 Å². The fourth-order valence-corrected chi connectivity index (χ4v) is 5.87. The number of rotatable bonds is 6. The molecule has 0 aliphatic heterocycles. The fraction of sp³-hybridized carbons (Fsp3) is 0.600. The summed E-state index contributed by atoms with van der Waals surface area (Å²) >= 11 is 2.78. The lowest BCUT2D eigenvalue weighted by Crippen LogP contribution is -2.39. The van der Waals surface area contributed by atoms with Gasteiger partial charge in [-0.2, -0.15) is 0 Å². The molecule has 2 aromatic heterocycles. The van der Waals surface area contributed by atoms with Gasteiger partial charge in [0.05, 0.1) is 10.6 Å². The Morgan fingerprint density at radius 1 is 1.38 bits per heavy atom. The number of nitrogens with one attached hydrogen (secondary N) is 1. The van der Waals surface area contributed by atoms with Gasteiger partial charge in [0.2, 0.25) is 5.91 Å². The third kappa shape index (κ3) is 4.83. The molecule has 1 aliphatic carbocycles. The number of aromatic nitrogens is 2. The third-order valence-electron chi connectivity index (χ3n) is 5.21. The second kappa shape index (κ2) is 8.87. The molecule has 0 fully saturated rings. The molecule has 0 saturated carbocycles. The number of nitrogens with two attached hydrogens (primary N) is 1. The minimum Gasteiger partial charge on any atom is -0.351 e. The Balaban J connectivity index is 2.05. The van der Waals surface area contributed by atoms with E-state index in [0.29, 0.717) is 23.5 Å². The van der Waals surface area contributed by atoms with E-state index < -0.39 is 17.2 Å². The number of thiophene rings is 1. The van der Waals surface area contributed by atoms with Crippen LogP contribution in [-0.2, 0) is 24.2 Å². The van der Waals surface area contributed by atoms with Crippen LogP contribution in [-0.4, -0.2) is 26.7 Å². The van der Waals surface area contributed by atoms with Gasteiger partial charge in [-0.15, -0.1) is 11.3 Å². The average molecular weight is 437 g/mol. The maximum absolute atomic E-state index is 13.4. The zero-order chi connectivity index (χ0) is 21.3. The second-order valence-electron chi connectivity index (χ2n) is 8.18. The molecule has 1 aliphatic rings. The standard InChI is InChI=1S/C20H28N4O3S2/c1-10(2)7-8-24-18(26)15-13-6-5-11(3)9-14(13)29-17(15)23-20(24)28-12(4)16(25)22-19(21)27/h10-12H,5-9H2,1-4H3,(H3,21,22,25,27)/t11-,12-/m1/s1. The monoisotopic (exact) mass is 436 g/mol. The Labute approximate surface area is 178 Å². The number of amides is 3. The van der Waals surface area contributed by atoms with Crippen LogP contribution in [0.15, 0.2) is 9.95 Å². The first-order chi connectivity index (χ1) is 13.7. The van der Waals surface area contributed by atoms with Crippen molar-refractivity contribution in [3.05, 3.63) is 20.8 Å². The van der Waals surface area contributed by atoms with E-state index in [1.165, 1.54) is 16.6 Å². The van der Waals surface area contributed by atoms with Crippen molar-refractivity contribution < 1.29 is 9.59 Å². The molecule has 0 spiro atoms. The zero-order valence-corrected chi connectivity index (χ0v) is 18.9. The number of nitrogens with zero attached hydrogens (tertiary/aromatic N) is 2. The number of hydrogen-bond donors (Lipinski definition) is 2. The number of fused-ring (bicyclic) bond motifs is 3. The van der Waals surface area contributed by atoms with Gasteiger partial charge in [0.25, 0.3) is 5.56 Å². The van der Waals surface area contributed by atoms with Gasteiger partial charge in [0.1, 0.15) is 4.83 Å². The van der Waals surface area contributed by atoms with E-state index in [-0.39, 0.29) is 5.56 Å². The molecule has 3 amide bonds. The molecule has 158 valence electrons. The van der Waals surface area contributed by atoms with E-state index in [2.05, 4.69) is 26.1 Å². The topological polar surface area (TPSA) is 107 Å². The molecule has 0 unspecified atom stereocenters. The molecular weight excluding hydrogens is 408 g/mol. The summed E-state index contributed by atoms with van der Waals surface area (Å²) in [6, 6.07) is -0.886. The van der Waals surface area contributed by atoms with Gasteiger partial charge >= 0.3 is 6.03 Å². The summed E-state index contributed by atoms with van der Waals surface area (Å²) in [6.45, 7) is 8.68. The number of carbonyl (C=O) groups excluding carboxylic acids is 2. The molecule has 0 saturated heterocycles. The first-order valence-corrected chi connectivity index (χ1v) is 11.7. The first-order valence-electron chi connectivity index (χ1n) is 9.99. The summed E-state index contributed by atoms with van der Waals surface area (Å²) < 4.78 is 1.70. The highest BCUT2D eigenvalue weighted by molar-refractivity contribution is 8.00. The van der Waals surface area contributed by atoms with E-state index in [0.717, 1.165) is 41.5 Å². The van der Waals surface area contributed by atoms with Gasteiger partial charge in [-0.3, -0.25) is 19.5 Å². The number of primary amides is 1. The lowest BCUT2D eigenvalue weighted by Gasteiger charge is -2.18. The fourth-order valence-electron chi connectivity index (χ4n) is 3.51. The summed E-state index contributed by atoms with van der Waals surface area (Å²) in [5.41, 5.74) is 6.19. The SMILES string of the molecule is CC(C)CCn1c(S[C@H](C)C(=O)NC(N)=O)nc2sc3c(c2c1=O)CC[C@@H](C)C3. The van der Waals surface area contributed by atoms with Gasteiger partial charge in [-0.05, 0) is 50.0 Å². The normalized spacial score (nSPS) is 17.3. The van der Waals surface area contributed by atoms with Gasteiger partial charge in [-0.1, -0.05) is 32.5 Å². The molecular formula is C20H28N4O3S2. The molecule has 0 radical (unpaired) electrons. The van der Waals surface area contributed by atoms with Gasteiger partial charge in [0, 0.05) is 11.4 Å². The zero-order valence-electron chi connectivity index (χ0n) is 17.3. The largest absolute Gasteiger partial charge is 0.351 e. The third-order valence-corrected chi connectivity index (χ3v) is 7.45. The lowest BCUT2D eigenvalue weighted by atomic mass is 9.89. The molecule has 7 nitrogen and oxygen atoms in total. The summed E-state index contributed by atoms with van der Waals surface area (Å²) in [6.07, 6.45) is 3.83. The van der Waals surface area contributed by atoms with Gasteiger partial charge in [-0.25, -0.2) is 9.78 Å². The minimum absolute atomic E-state index is 0.0206. The predicted molar refractivity (Wildman–Crippen MR) is 118 cm³/mol. The predicted octanol–water partition coefficient (Wildman–Crippen LogP) is 3.30. The summed E-state index contributed by atoms with van der Waals surface area (Å²) in [5.74, 6) is 0.555. The number of carbonyl (C=O) groups is 2. The molecule has 0 aromatic carbocycles. The summed E-state index contributed by atoms with van der Waals surface area (Å²) in [4.78, 5) is 43.4. The Morgan fingerprint density at radius 3 is 2.76 bits per heavy atom. The van der Waals surface area contributed by atoms with Crippen LogP contribution < -0.4 is 16.6 Å². The van der Waals surface area contributed by atoms with Crippen LogP contribution in [0.5, 0.6) is 0 Å². The maximum atomic E-state index is 13.4. The number of thioether (sulfide) groups is 1. The van der Waals surface area contributed by atoms with Crippen LogP contribution in [0.25, 0.3) is 10.2 Å². The smallest absolute Gasteiger partial charge is 0.318 e. The van der Waals surface area contributed by atoms with Crippen LogP contribution in [0.2, 0.25) is 0 Å². The first kappa shape index (κ1) is 21.8.